The van der Waals surface area contributed by atoms with Crippen molar-refractivity contribution < 1.29 is 14.8 Å². The maximum atomic E-state index is 13.3. The topological polar surface area (TPSA) is 156 Å². The number of aromatic amines is 1. The van der Waals surface area contributed by atoms with Crippen LogP contribution in [-0.4, -0.2) is 36.2 Å². The molecule has 13 heteroatoms. The lowest BCUT2D eigenvalue weighted by Gasteiger charge is -2.12. The van der Waals surface area contributed by atoms with Gasteiger partial charge in [0, 0.05) is 22.5 Å². The molecular formula is C24H15ClN6O5S. The average molecular weight is 535 g/mol. The maximum Gasteiger partial charge on any atom is 0.275 e. The average Bonchev–Trinajstić information content (AvgIpc) is 3.21. The number of benzene rings is 3. The number of carbonyl (C=O) groups excluding carboxylic acids is 1. The molecule has 0 aliphatic carbocycles. The van der Waals surface area contributed by atoms with E-state index in [0.717, 1.165) is 11.8 Å². The van der Waals surface area contributed by atoms with Crippen LogP contribution in [0.4, 0.5) is 11.4 Å². The molecule has 0 atom stereocenters. The number of aromatic hydroxyl groups is 1. The first-order valence-electron chi connectivity index (χ1n) is 10.7. The van der Waals surface area contributed by atoms with E-state index in [2.05, 4.69) is 20.2 Å². The second kappa shape index (κ2) is 9.84. The van der Waals surface area contributed by atoms with Crippen LogP contribution in [0, 0.1) is 10.1 Å². The van der Waals surface area contributed by atoms with Crippen LogP contribution in [0.3, 0.4) is 0 Å². The highest BCUT2D eigenvalue weighted by Gasteiger charge is 2.17. The van der Waals surface area contributed by atoms with Crippen LogP contribution in [0.15, 0.2) is 86.9 Å². The van der Waals surface area contributed by atoms with E-state index in [9.17, 15) is 24.8 Å². The number of fused-ring (bicyclic) bond motifs is 2. The van der Waals surface area contributed by atoms with Crippen molar-refractivity contribution in [2.75, 3.05) is 5.75 Å². The van der Waals surface area contributed by atoms with Gasteiger partial charge in [0.05, 0.1) is 32.8 Å². The molecule has 0 unspecified atom stereocenters. The van der Waals surface area contributed by atoms with E-state index in [4.69, 9.17) is 11.6 Å². The van der Waals surface area contributed by atoms with Crippen molar-refractivity contribution in [2.24, 2.45) is 10.2 Å². The Morgan fingerprint density at radius 1 is 1.14 bits per heavy atom. The zero-order valence-corrected chi connectivity index (χ0v) is 20.2. The summed E-state index contributed by atoms with van der Waals surface area (Å²) in [5, 5.41) is 29.9. The van der Waals surface area contributed by atoms with Gasteiger partial charge in [-0.25, -0.2) is 4.98 Å². The van der Waals surface area contributed by atoms with Gasteiger partial charge in [-0.2, -0.15) is 0 Å². The van der Waals surface area contributed by atoms with Gasteiger partial charge in [-0.1, -0.05) is 41.6 Å². The van der Waals surface area contributed by atoms with Crippen molar-refractivity contribution in [1.82, 2.24) is 14.5 Å². The Morgan fingerprint density at radius 3 is 2.68 bits per heavy atom. The predicted molar refractivity (Wildman–Crippen MR) is 139 cm³/mol. The molecule has 0 fully saturated rings. The van der Waals surface area contributed by atoms with Gasteiger partial charge in [-0.3, -0.25) is 24.3 Å². The first-order valence-corrected chi connectivity index (χ1v) is 12.0. The van der Waals surface area contributed by atoms with E-state index < -0.39 is 10.8 Å². The Labute approximate surface area is 216 Å². The largest absolute Gasteiger partial charge is 0.493 e. The number of non-ortho nitro benzene ring substituents is 1. The van der Waals surface area contributed by atoms with Crippen molar-refractivity contribution in [3.05, 3.63) is 92.2 Å². The van der Waals surface area contributed by atoms with Gasteiger partial charge in [0.25, 0.3) is 17.2 Å². The number of hydrogen-bond donors (Lipinski definition) is 2. The quantitative estimate of drug-likeness (QED) is 0.0952. The molecular weight excluding hydrogens is 520 g/mol. The number of H-pyrrole nitrogens is 1. The number of carbonyl (C=O) groups is 1. The fourth-order valence-electron chi connectivity index (χ4n) is 3.67. The summed E-state index contributed by atoms with van der Waals surface area (Å²) in [5.41, 5.74) is 0.727. The number of amides is 1. The summed E-state index contributed by atoms with van der Waals surface area (Å²) >= 11 is 7.07. The number of nitrogens with zero attached hydrogens (tertiary/aromatic N) is 5. The summed E-state index contributed by atoms with van der Waals surface area (Å²) in [6.07, 6.45) is 0. The van der Waals surface area contributed by atoms with Gasteiger partial charge in [-0.15, -0.1) is 10.2 Å². The lowest BCUT2D eigenvalue weighted by molar-refractivity contribution is -0.384. The van der Waals surface area contributed by atoms with Gasteiger partial charge in [0.1, 0.15) is 0 Å². The van der Waals surface area contributed by atoms with Crippen LogP contribution in [0.2, 0.25) is 5.02 Å². The van der Waals surface area contributed by atoms with Crippen molar-refractivity contribution in [3.63, 3.8) is 0 Å². The van der Waals surface area contributed by atoms with E-state index in [1.54, 1.807) is 36.4 Å². The number of hydrogen-bond acceptors (Lipinski definition) is 8. The minimum Gasteiger partial charge on any atom is -0.493 e. The Kier molecular flexibility index (Phi) is 6.42. The first-order chi connectivity index (χ1) is 17.8. The Morgan fingerprint density at radius 2 is 1.92 bits per heavy atom. The lowest BCUT2D eigenvalue weighted by Crippen LogP contribution is -2.22. The number of rotatable bonds is 6. The maximum absolute atomic E-state index is 13.3. The van der Waals surface area contributed by atoms with E-state index in [-0.39, 0.29) is 39.1 Å². The summed E-state index contributed by atoms with van der Waals surface area (Å²) < 4.78 is 1.39. The fraction of sp³-hybridized carbons (Fsp3) is 0.0417. The number of nitrogens with one attached hydrogen (secondary N) is 1. The third-order valence-electron chi connectivity index (χ3n) is 5.35. The van der Waals surface area contributed by atoms with Crippen LogP contribution in [0.25, 0.3) is 27.5 Å². The van der Waals surface area contributed by atoms with E-state index in [1.807, 2.05) is 6.07 Å². The van der Waals surface area contributed by atoms with Gasteiger partial charge in [-0.05, 0) is 36.4 Å². The van der Waals surface area contributed by atoms with Crippen molar-refractivity contribution in [2.45, 2.75) is 5.16 Å². The van der Waals surface area contributed by atoms with Gasteiger partial charge in [0.2, 0.25) is 5.88 Å². The second-order valence-corrected chi connectivity index (χ2v) is 9.10. The van der Waals surface area contributed by atoms with E-state index in [0.29, 0.717) is 27.1 Å². The molecule has 0 aliphatic heterocycles. The van der Waals surface area contributed by atoms with E-state index in [1.165, 1.54) is 28.8 Å². The molecule has 1 amide bonds. The molecule has 0 saturated heterocycles. The summed E-state index contributed by atoms with van der Waals surface area (Å²) in [4.78, 5) is 43.6. The number of azo groups is 1. The highest BCUT2D eigenvalue weighted by molar-refractivity contribution is 7.99. The SMILES string of the molecule is O=C(CSc1nc2ccc(Cl)cc2c(=O)n1-c1ccccc1)N=Nc1c(O)[nH]c2ccc([N+](=O)[O-])cc12. The standard InChI is InChI=1S/C24H15ClN6O5S/c25-13-6-8-19-17(10-13)23(34)30(14-4-2-1-3-5-14)24(27-19)37-12-20(32)28-29-21-16-11-15(31(35)36)7-9-18(16)26-22(21)33/h1-11,26,33H,12H2. The summed E-state index contributed by atoms with van der Waals surface area (Å²) in [6, 6.07) is 17.5. The molecule has 0 bridgehead atoms. The van der Waals surface area contributed by atoms with E-state index >= 15 is 0 Å². The molecule has 0 spiro atoms. The number of halogens is 1. The molecule has 0 aliphatic rings. The summed E-state index contributed by atoms with van der Waals surface area (Å²) in [7, 11) is 0. The lowest BCUT2D eigenvalue weighted by atomic mass is 10.2. The molecule has 184 valence electrons. The minimum absolute atomic E-state index is 0.0982. The third kappa shape index (κ3) is 4.79. The zero-order valence-electron chi connectivity index (χ0n) is 18.7. The predicted octanol–water partition coefficient (Wildman–Crippen LogP) is 5.54. The van der Waals surface area contributed by atoms with Crippen LogP contribution >= 0.6 is 23.4 Å². The molecule has 5 aromatic rings. The van der Waals surface area contributed by atoms with Gasteiger partial charge < -0.3 is 10.1 Å². The molecule has 3 aromatic carbocycles. The Hall–Kier alpha value is -4.55. The molecule has 2 N–H and O–H groups in total. The third-order valence-corrected chi connectivity index (χ3v) is 6.51. The number of nitro benzene ring substituents is 1. The molecule has 37 heavy (non-hydrogen) atoms. The molecule has 11 nitrogen and oxygen atoms in total. The minimum atomic E-state index is -0.672. The number of para-hydroxylation sites is 1. The fourth-order valence-corrected chi connectivity index (χ4v) is 4.63. The number of aromatic nitrogens is 3. The zero-order chi connectivity index (χ0) is 26.1. The van der Waals surface area contributed by atoms with Crippen LogP contribution < -0.4 is 5.56 Å². The van der Waals surface area contributed by atoms with Crippen LogP contribution in [0.1, 0.15) is 0 Å². The molecule has 2 aromatic heterocycles. The number of nitro groups is 1. The van der Waals surface area contributed by atoms with Crippen molar-refractivity contribution in [3.8, 4) is 11.6 Å². The monoisotopic (exact) mass is 534 g/mol. The normalized spacial score (nSPS) is 11.5. The smallest absolute Gasteiger partial charge is 0.275 e. The second-order valence-electron chi connectivity index (χ2n) is 7.72. The van der Waals surface area contributed by atoms with Crippen molar-refractivity contribution in [1.29, 1.82) is 0 Å². The van der Waals surface area contributed by atoms with Gasteiger partial charge >= 0.3 is 0 Å². The van der Waals surface area contributed by atoms with Crippen LogP contribution in [0.5, 0.6) is 5.88 Å². The molecule has 2 heterocycles. The summed E-state index contributed by atoms with van der Waals surface area (Å²) in [6.45, 7) is 0. The highest BCUT2D eigenvalue weighted by atomic mass is 35.5. The molecule has 5 rings (SSSR count). The van der Waals surface area contributed by atoms with Crippen molar-refractivity contribution >= 4 is 62.5 Å². The Balaban J connectivity index is 1.45. The highest BCUT2D eigenvalue weighted by Crippen LogP contribution is 2.37. The first kappa shape index (κ1) is 24.2. The van der Waals surface area contributed by atoms with Crippen LogP contribution in [-0.2, 0) is 4.79 Å². The molecule has 0 radical (unpaired) electrons. The Bertz CT molecular complexity index is 1780. The summed E-state index contributed by atoms with van der Waals surface area (Å²) in [5.74, 6) is -1.27. The van der Waals surface area contributed by atoms with Gasteiger partial charge in [0.15, 0.2) is 10.8 Å². The number of thioether (sulfide) groups is 1. The molecule has 0 saturated carbocycles.